The first kappa shape index (κ1) is 14.7. The molecule has 1 saturated carbocycles. The molecule has 1 aromatic carbocycles. The minimum absolute atomic E-state index is 0.125. The number of carbonyl (C=O) groups is 1. The Balaban J connectivity index is 2.19. The van der Waals surface area contributed by atoms with Gasteiger partial charge in [-0.3, -0.25) is 4.79 Å². The van der Waals surface area contributed by atoms with Gasteiger partial charge in [-0.05, 0) is 31.0 Å². The number of benzene rings is 1. The molecule has 0 spiro atoms. The lowest BCUT2D eigenvalue weighted by Crippen LogP contribution is -2.21. The van der Waals surface area contributed by atoms with Crippen LogP contribution < -0.4 is 0 Å². The van der Waals surface area contributed by atoms with E-state index in [1.807, 2.05) is 0 Å². The Kier molecular flexibility index (Phi) is 4.46. The molecule has 6 heteroatoms. The Bertz CT molecular complexity index is 487. The van der Waals surface area contributed by atoms with E-state index in [4.69, 9.17) is 11.6 Å². The molecule has 0 amide bonds. The molecule has 0 radical (unpaired) electrons. The molecule has 1 aromatic rings. The smallest absolute Gasteiger partial charge is 0.298 e. The molecule has 1 nitrogen and oxygen atoms in total. The normalized spacial score (nSPS) is 20.6. The van der Waals surface area contributed by atoms with E-state index in [0.29, 0.717) is 11.3 Å². The van der Waals surface area contributed by atoms with Gasteiger partial charge in [-0.1, -0.05) is 18.0 Å². The standard InChI is InChI=1S/C13H12ClF3OS/c14-10-6-5-8(7-9(10)13(15,16)17)19-12-4-2-1-3-11(12)18/h5-7,12H,1-4H2. The van der Waals surface area contributed by atoms with Crippen molar-refractivity contribution in [2.24, 2.45) is 0 Å². The van der Waals surface area contributed by atoms with Gasteiger partial charge in [-0.2, -0.15) is 13.2 Å². The summed E-state index contributed by atoms with van der Waals surface area (Å²) in [5.74, 6) is 0.125. The van der Waals surface area contributed by atoms with E-state index in [1.54, 1.807) is 0 Å². The molecule has 0 heterocycles. The number of alkyl halides is 3. The maximum Gasteiger partial charge on any atom is 0.417 e. The summed E-state index contributed by atoms with van der Waals surface area (Å²) < 4.78 is 38.2. The largest absolute Gasteiger partial charge is 0.417 e. The van der Waals surface area contributed by atoms with Crippen LogP contribution in [0.25, 0.3) is 0 Å². The predicted molar refractivity (Wildman–Crippen MR) is 69.6 cm³/mol. The number of carbonyl (C=O) groups excluding carboxylic acids is 1. The van der Waals surface area contributed by atoms with Crippen LogP contribution in [0.3, 0.4) is 0 Å². The van der Waals surface area contributed by atoms with E-state index in [2.05, 4.69) is 0 Å². The molecule has 0 aromatic heterocycles. The van der Waals surface area contributed by atoms with E-state index in [-0.39, 0.29) is 16.1 Å². The molecule has 1 unspecified atom stereocenters. The first-order chi connectivity index (χ1) is 8.88. The molecule has 1 aliphatic carbocycles. The zero-order valence-corrected chi connectivity index (χ0v) is 11.5. The van der Waals surface area contributed by atoms with Gasteiger partial charge in [-0.25, -0.2) is 0 Å². The molecule has 2 rings (SSSR count). The van der Waals surface area contributed by atoms with Crippen LogP contribution in [0.15, 0.2) is 23.1 Å². The fourth-order valence-corrected chi connectivity index (χ4v) is 3.45. The van der Waals surface area contributed by atoms with Crippen molar-refractivity contribution in [1.82, 2.24) is 0 Å². The van der Waals surface area contributed by atoms with E-state index in [1.165, 1.54) is 23.9 Å². The first-order valence-corrected chi connectivity index (χ1v) is 7.20. The monoisotopic (exact) mass is 308 g/mol. The highest BCUT2D eigenvalue weighted by Crippen LogP contribution is 2.39. The van der Waals surface area contributed by atoms with Gasteiger partial charge in [0.2, 0.25) is 0 Å². The third-order valence-corrected chi connectivity index (χ3v) is 4.66. The summed E-state index contributed by atoms with van der Waals surface area (Å²) >= 11 is 6.76. The second-order valence-electron chi connectivity index (χ2n) is 4.46. The van der Waals surface area contributed by atoms with Crippen LogP contribution in [-0.4, -0.2) is 11.0 Å². The minimum atomic E-state index is -4.47. The number of halogens is 4. The van der Waals surface area contributed by atoms with Crippen molar-refractivity contribution in [3.05, 3.63) is 28.8 Å². The van der Waals surface area contributed by atoms with Crippen molar-refractivity contribution < 1.29 is 18.0 Å². The number of ketones is 1. The topological polar surface area (TPSA) is 17.1 Å². The van der Waals surface area contributed by atoms with E-state index in [9.17, 15) is 18.0 Å². The molecule has 1 fully saturated rings. The molecular weight excluding hydrogens is 297 g/mol. The Hall–Kier alpha value is -0.680. The van der Waals surface area contributed by atoms with Crippen LogP contribution in [0, 0.1) is 0 Å². The van der Waals surface area contributed by atoms with E-state index < -0.39 is 11.7 Å². The quantitative estimate of drug-likeness (QED) is 0.768. The third-order valence-electron chi connectivity index (χ3n) is 3.02. The van der Waals surface area contributed by atoms with Gasteiger partial charge in [0.25, 0.3) is 0 Å². The summed E-state index contributed by atoms with van der Waals surface area (Å²) in [7, 11) is 0. The summed E-state index contributed by atoms with van der Waals surface area (Å²) in [6.07, 6.45) is -1.39. The highest BCUT2D eigenvalue weighted by molar-refractivity contribution is 8.00. The minimum Gasteiger partial charge on any atom is -0.298 e. The van der Waals surface area contributed by atoms with Crippen molar-refractivity contribution in [2.75, 3.05) is 0 Å². The predicted octanol–water partition coefficient (Wildman–Crippen LogP) is 4.96. The van der Waals surface area contributed by atoms with Crippen LogP contribution in [0.5, 0.6) is 0 Å². The molecule has 0 aliphatic heterocycles. The zero-order valence-electron chi connectivity index (χ0n) is 9.97. The van der Waals surface area contributed by atoms with Crippen LogP contribution in [0.2, 0.25) is 5.02 Å². The second kappa shape index (κ2) is 5.75. The highest BCUT2D eigenvalue weighted by Gasteiger charge is 2.34. The molecule has 1 atom stereocenters. The number of thioether (sulfide) groups is 1. The number of hydrogen-bond donors (Lipinski definition) is 0. The Morgan fingerprint density at radius 1 is 1.26 bits per heavy atom. The zero-order chi connectivity index (χ0) is 14.0. The SMILES string of the molecule is O=C1CCCCC1Sc1ccc(Cl)c(C(F)(F)F)c1. The van der Waals surface area contributed by atoms with Crippen molar-refractivity contribution in [2.45, 2.75) is 42.0 Å². The molecule has 104 valence electrons. The molecular formula is C13H12ClF3OS. The highest BCUT2D eigenvalue weighted by atomic mass is 35.5. The molecule has 0 bridgehead atoms. The van der Waals surface area contributed by atoms with Crippen molar-refractivity contribution in [3.63, 3.8) is 0 Å². The Morgan fingerprint density at radius 2 is 2.00 bits per heavy atom. The maximum atomic E-state index is 12.7. The number of Topliss-reactive ketones (excluding diaryl/α,β-unsaturated/α-hetero) is 1. The van der Waals surface area contributed by atoms with Gasteiger partial charge in [-0.15, -0.1) is 11.8 Å². The van der Waals surface area contributed by atoms with Crippen molar-refractivity contribution in [3.8, 4) is 0 Å². The van der Waals surface area contributed by atoms with E-state index >= 15 is 0 Å². The van der Waals surface area contributed by atoms with Gasteiger partial charge >= 0.3 is 6.18 Å². The van der Waals surface area contributed by atoms with Gasteiger partial charge in [0.1, 0.15) is 5.78 Å². The van der Waals surface area contributed by atoms with Crippen LogP contribution in [0.4, 0.5) is 13.2 Å². The Labute approximate surface area is 118 Å². The summed E-state index contributed by atoms with van der Waals surface area (Å²) in [5, 5.41) is -0.539. The van der Waals surface area contributed by atoms with Crippen LogP contribution in [0.1, 0.15) is 31.2 Å². The number of rotatable bonds is 2. The lowest BCUT2D eigenvalue weighted by atomic mass is 9.99. The molecule has 1 aliphatic rings. The average molecular weight is 309 g/mol. The second-order valence-corrected chi connectivity index (χ2v) is 6.14. The van der Waals surface area contributed by atoms with Gasteiger partial charge in [0.15, 0.2) is 0 Å². The van der Waals surface area contributed by atoms with Crippen LogP contribution in [-0.2, 0) is 11.0 Å². The first-order valence-electron chi connectivity index (χ1n) is 5.94. The van der Waals surface area contributed by atoms with E-state index in [0.717, 1.165) is 25.3 Å². The summed E-state index contributed by atoms with van der Waals surface area (Å²) in [4.78, 5) is 12.1. The lowest BCUT2D eigenvalue weighted by molar-refractivity contribution is -0.137. The van der Waals surface area contributed by atoms with Gasteiger partial charge in [0, 0.05) is 11.3 Å². The van der Waals surface area contributed by atoms with Gasteiger partial charge < -0.3 is 0 Å². The Morgan fingerprint density at radius 3 is 2.63 bits per heavy atom. The summed E-state index contributed by atoms with van der Waals surface area (Å²) in [6.45, 7) is 0. The third kappa shape index (κ3) is 3.66. The van der Waals surface area contributed by atoms with Gasteiger partial charge in [0.05, 0.1) is 15.8 Å². The number of hydrogen-bond acceptors (Lipinski definition) is 2. The molecule has 0 saturated heterocycles. The average Bonchev–Trinajstić information content (AvgIpc) is 2.33. The van der Waals surface area contributed by atoms with Crippen molar-refractivity contribution >= 4 is 29.1 Å². The fraction of sp³-hybridized carbons (Fsp3) is 0.462. The van der Waals surface area contributed by atoms with Crippen molar-refractivity contribution in [1.29, 1.82) is 0 Å². The summed E-state index contributed by atoms with van der Waals surface area (Å²) in [5.41, 5.74) is -0.845. The summed E-state index contributed by atoms with van der Waals surface area (Å²) in [6, 6.07) is 3.79. The fourth-order valence-electron chi connectivity index (χ4n) is 2.03. The lowest BCUT2D eigenvalue weighted by Gasteiger charge is -2.20. The molecule has 19 heavy (non-hydrogen) atoms. The maximum absolute atomic E-state index is 12.7. The van der Waals surface area contributed by atoms with Crippen LogP contribution >= 0.6 is 23.4 Å². The molecule has 0 N–H and O–H groups in total.